The summed E-state index contributed by atoms with van der Waals surface area (Å²) in [6, 6.07) is 130. The van der Waals surface area contributed by atoms with Gasteiger partial charge in [-0.15, -0.1) is 0 Å². The molecule has 0 saturated carbocycles. The van der Waals surface area contributed by atoms with Gasteiger partial charge in [-0.3, -0.25) is 4.98 Å². The van der Waals surface area contributed by atoms with Crippen LogP contribution in [-0.2, 0) is 0 Å². The first-order valence-corrected chi connectivity index (χ1v) is 37.9. The molecule has 8 aromatic heterocycles. The number of hydrogen-bond acceptors (Lipinski definition) is 8. The zero-order valence-electron chi connectivity index (χ0n) is 60.4. The molecule has 23 rings (SSSR count). The van der Waals surface area contributed by atoms with E-state index in [-0.39, 0.29) is 0 Å². The fourth-order valence-electron chi connectivity index (χ4n) is 16.8. The highest BCUT2D eigenvalue weighted by molar-refractivity contribution is 6.27. The number of nitrogens with zero attached hydrogens (tertiary/aromatic N) is 8. The Morgan fingerprint density at radius 2 is 0.438 bits per heavy atom. The van der Waals surface area contributed by atoms with Gasteiger partial charge in [-0.25, -0.2) is 34.9 Å². The molecule has 0 unspecified atom stereocenters. The van der Waals surface area contributed by atoms with Gasteiger partial charge in [-0.05, 0) is 115 Å². The standard InChI is InChI=1S/C58H34N4.C46H28N4/c1-3-11-35(12-4-1)50-30-24-37-19-20-38-25-31-51(60-56(38)55(37)59-50)40-22-27-44-45-28-23-41(34-49(45)43-16-8-7-15-42(43)48(44)33-40)52-32-26-39-21-29-47-54(36-13-5-2-6-14-36)46-17-9-10-18-53(46)62-58(47)57(39)61-52;1-3-9-30(10-4-1)39-25-21-33-19-23-36-35(27-28-47-45(36)43(33)48-39)29-15-17-31(18-16-29)40-26-22-34-20-24-38-42(32-11-5-2-6-12-32)37-13-7-8-14-41(37)50-46(38)44(34)49-40/h1-34H;1-28H. The van der Waals surface area contributed by atoms with E-state index in [2.05, 4.69) is 346 Å². The Morgan fingerprint density at radius 1 is 0.152 bits per heavy atom. The molecule has 518 valence electrons. The van der Waals surface area contributed by atoms with Gasteiger partial charge in [0.15, 0.2) is 0 Å². The lowest BCUT2D eigenvalue weighted by Crippen LogP contribution is -1.93. The van der Waals surface area contributed by atoms with Crippen molar-refractivity contribution in [2.45, 2.75) is 0 Å². The van der Waals surface area contributed by atoms with Crippen LogP contribution in [0.25, 0.3) is 231 Å². The Bertz CT molecular complexity index is 7770. The molecule has 0 amide bonds. The molecule has 8 heterocycles. The maximum Gasteiger partial charge on any atom is 0.0978 e. The van der Waals surface area contributed by atoms with Crippen molar-refractivity contribution in [2.75, 3.05) is 0 Å². The second-order valence-corrected chi connectivity index (χ2v) is 28.8. The predicted octanol–water partition coefficient (Wildman–Crippen LogP) is 26.9. The number of hydrogen-bond donors (Lipinski definition) is 0. The summed E-state index contributed by atoms with van der Waals surface area (Å²) in [5, 5.41) is 18.1. The lowest BCUT2D eigenvalue weighted by Gasteiger charge is -2.14. The van der Waals surface area contributed by atoms with E-state index in [9.17, 15) is 0 Å². The van der Waals surface area contributed by atoms with E-state index in [0.29, 0.717) is 0 Å². The van der Waals surface area contributed by atoms with Crippen molar-refractivity contribution in [2.24, 2.45) is 0 Å². The molecule has 112 heavy (non-hydrogen) atoms. The molecule has 0 aliphatic heterocycles. The Morgan fingerprint density at radius 3 is 0.857 bits per heavy atom. The highest BCUT2D eigenvalue weighted by Gasteiger charge is 2.21. The molecule has 0 saturated heterocycles. The number of rotatable bonds is 8. The lowest BCUT2D eigenvalue weighted by molar-refractivity contribution is 1.37. The molecule has 0 radical (unpaired) electrons. The van der Waals surface area contributed by atoms with E-state index in [1.807, 2.05) is 30.5 Å². The smallest absolute Gasteiger partial charge is 0.0978 e. The van der Waals surface area contributed by atoms with Crippen LogP contribution in [0, 0.1) is 0 Å². The van der Waals surface area contributed by atoms with Gasteiger partial charge in [-0.1, -0.05) is 309 Å². The van der Waals surface area contributed by atoms with E-state index >= 15 is 0 Å². The largest absolute Gasteiger partial charge is 0.254 e. The van der Waals surface area contributed by atoms with Gasteiger partial charge in [0.2, 0.25) is 0 Å². The predicted molar refractivity (Wildman–Crippen MR) is 466 cm³/mol. The Hall–Kier alpha value is -15.1. The molecule has 8 heteroatoms. The minimum atomic E-state index is 0.903. The van der Waals surface area contributed by atoms with E-state index in [4.69, 9.17) is 39.9 Å². The molecule has 0 spiro atoms. The average molecular weight is 1420 g/mol. The van der Waals surface area contributed by atoms with Gasteiger partial charge < -0.3 is 0 Å². The fraction of sp³-hybridized carbons (Fsp3) is 0. The molecule has 0 bridgehead atoms. The van der Waals surface area contributed by atoms with Crippen LogP contribution in [0.4, 0.5) is 0 Å². The van der Waals surface area contributed by atoms with Crippen LogP contribution in [0.1, 0.15) is 0 Å². The third-order valence-corrected chi connectivity index (χ3v) is 22.3. The quantitative estimate of drug-likeness (QED) is 0.109. The molecular weight excluding hydrogens is 1360 g/mol. The summed E-state index contributed by atoms with van der Waals surface area (Å²) >= 11 is 0. The van der Waals surface area contributed by atoms with Crippen LogP contribution >= 0.6 is 0 Å². The van der Waals surface area contributed by atoms with Gasteiger partial charge in [0.05, 0.1) is 83.6 Å². The SMILES string of the molecule is c1ccc(-c2ccc3ccc4c(-c5ccc(-c6ccc7ccc8c(-c9ccccc9)c9ccccc9nc8c7n6)cc5)ccnc4c3n2)cc1.c1ccc(-c2ccc3ccc4ccc(-c5ccc6c7ccc(-c8ccc9ccc%10c(-c%11ccccc%11)c%11ccccc%11nc%10c9n8)cc7c7ccccc7c6c5)nc4c3n2)cc1. The average Bonchev–Trinajstić information content (AvgIpc) is 0.739. The van der Waals surface area contributed by atoms with Crippen LogP contribution in [0.2, 0.25) is 0 Å². The summed E-state index contributed by atoms with van der Waals surface area (Å²) < 4.78 is 0. The van der Waals surface area contributed by atoms with Crippen molar-refractivity contribution in [1.82, 2.24) is 39.9 Å². The van der Waals surface area contributed by atoms with Gasteiger partial charge in [-0.2, -0.15) is 0 Å². The second-order valence-electron chi connectivity index (χ2n) is 28.8. The zero-order valence-corrected chi connectivity index (χ0v) is 60.4. The molecule has 0 aliphatic carbocycles. The minimum Gasteiger partial charge on any atom is -0.254 e. The topological polar surface area (TPSA) is 103 Å². The van der Waals surface area contributed by atoms with Crippen LogP contribution in [0.15, 0.2) is 376 Å². The minimum absolute atomic E-state index is 0.903. The van der Waals surface area contributed by atoms with Crippen LogP contribution in [0.5, 0.6) is 0 Å². The van der Waals surface area contributed by atoms with Crippen molar-refractivity contribution >= 4 is 141 Å². The van der Waals surface area contributed by atoms with Crippen molar-refractivity contribution in [3.8, 4) is 89.7 Å². The van der Waals surface area contributed by atoms with E-state index < -0.39 is 0 Å². The monoisotopic (exact) mass is 1420 g/mol. The maximum absolute atomic E-state index is 5.40. The molecule has 15 aromatic carbocycles. The number of para-hydroxylation sites is 2. The van der Waals surface area contributed by atoms with Crippen LogP contribution in [0.3, 0.4) is 0 Å². The van der Waals surface area contributed by atoms with Gasteiger partial charge in [0.25, 0.3) is 0 Å². The van der Waals surface area contributed by atoms with Gasteiger partial charge >= 0.3 is 0 Å². The molecule has 0 aliphatic rings. The summed E-state index contributed by atoms with van der Waals surface area (Å²) in [6.45, 7) is 0. The van der Waals surface area contributed by atoms with Crippen molar-refractivity contribution < 1.29 is 0 Å². The van der Waals surface area contributed by atoms with E-state index in [1.54, 1.807) is 0 Å². The van der Waals surface area contributed by atoms with E-state index in [0.717, 1.165) is 176 Å². The summed E-state index contributed by atoms with van der Waals surface area (Å²) in [5.41, 5.74) is 26.2. The molecule has 23 aromatic rings. The molecule has 0 fully saturated rings. The highest BCUT2D eigenvalue weighted by Crippen LogP contribution is 2.44. The van der Waals surface area contributed by atoms with Crippen molar-refractivity contribution in [3.05, 3.63) is 376 Å². The first-order valence-electron chi connectivity index (χ1n) is 37.9. The lowest BCUT2D eigenvalue weighted by atomic mass is 9.91. The van der Waals surface area contributed by atoms with Crippen molar-refractivity contribution in [1.29, 1.82) is 0 Å². The summed E-state index contributed by atoms with van der Waals surface area (Å²) in [4.78, 5) is 41.4. The van der Waals surface area contributed by atoms with Gasteiger partial charge in [0.1, 0.15) is 0 Å². The fourth-order valence-corrected chi connectivity index (χ4v) is 16.8. The molecule has 8 nitrogen and oxygen atoms in total. The first-order chi connectivity index (χ1) is 55.5. The Kier molecular flexibility index (Phi) is 15.1. The highest BCUT2D eigenvalue weighted by atomic mass is 14.8. The van der Waals surface area contributed by atoms with Crippen molar-refractivity contribution in [3.63, 3.8) is 0 Å². The first kappa shape index (κ1) is 64.1. The summed E-state index contributed by atoms with van der Waals surface area (Å²) in [6.07, 6.45) is 1.89. The number of pyridine rings is 8. The Balaban J connectivity index is 0.000000141. The number of aromatic nitrogens is 8. The zero-order chi connectivity index (χ0) is 73.7. The summed E-state index contributed by atoms with van der Waals surface area (Å²) in [7, 11) is 0. The molecule has 0 atom stereocenters. The number of benzene rings is 15. The molecular formula is C104H62N8. The van der Waals surface area contributed by atoms with Crippen LogP contribution < -0.4 is 0 Å². The third kappa shape index (κ3) is 10.9. The van der Waals surface area contributed by atoms with E-state index in [1.165, 1.54) is 54.6 Å². The van der Waals surface area contributed by atoms with Crippen LogP contribution in [-0.4, -0.2) is 39.9 Å². The maximum atomic E-state index is 5.40. The number of fused-ring (bicyclic) bond motifs is 20. The second kappa shape index (κ2) is 26.4. The third-order valence-electron chi connectivity index (χ3n) is 22.3. The summed E-state index contributed by atoms with van der Waals surface area (Å²) in [5.74, 6) is 0. The molecule has 0 N–H and O–H groups in total. The van der Waals surface area contributed by atoms with Gasteiger partial charge in [0, 0.05) is 99.0 Å². The Labute approximate surface area is 643 Å². The normalized spacial score (nSPS) is 11.8.